The van der Waals surface area contributed by atoms with Crippen molar-refractivity contribution in [3.05, 3.63) is 28.3 Å². The Morgan fingerprint density at radius 1 is 1.38 bits per heavy atom. The third kappa shape index (κ3) is 2.33. The van der Waals surface area contributed by atoms with Crippen LogP contribution in [-0.4, -0.2) is 13.7 Å². The van der Waals surface area contributed by atoms with Gasteiger partial charge in [0.25, 0.3) is 0 Å². The van der Waals surface area contributed by atoms with Crippen LogP contribution in [-0.2, 0) is 0 Å². The molecule has 3 heteroatoms. The molecule has 1 aliphatic heterocycles. The SMILES string of the molecule is COc1c(C)cc(C2CCCCN2)cc1Cl. The Bertz CT molecular complexity index is 349. The number of nitrogens with one attached hydrogen (secondary N) is 1. The number of halogens is 1. The fourth-order valence-corrected chi connectivity index (χ4v) is 2.71. The normalized spacial score (nSPS) is 20.8. The molecule has 16 heavy (non-hydrogen) atoms. The van der Waals surface area contributed by atoms with Crippen molar-refractivity contribution < 1.29 is 4.74 Å². The van der Waals surface area contributed by atoms with Crippen LogP contribution in [0.3, 0.4) is 0 Å². The lowest BCUT2D eigenvalue weighted by Crippen LogP contribution is -2.26. The topological polar surface area (TPSA) is 21.3 Å². The van der Waals surface area contributed by atoms with Gasteiger partial charge in [-0.25, -0.2) is 0 Å². The van der Waals surface area contributed by atoms with E-state index >= 15 is 0 Å². The summed E-state index contributed by atoms with van der Waals surface area (Å²) < 4.78 is 5.27. The first kappa shape index (κ1) is 11.7. The fourth-order valence-electron chi connectivity index (χ4n) is 2.35. The predicted octanol–water partition coefficient (Wildman–Crippen LogP) is 3.47. The predicted molar refractivity (Wildman–Crippen MR) is 67.3 cm³/mol. The largest absolute Gasteiger partial charge is 0.495 e. The Kier molecular flexibility index (Phi) is 3.72. The smallest absolute Gasteiger partial charge is 0.140 e. The second kappa shape index (κ2) is 5.07. The summed E-state index contributed by atoms with van der Waals surface area (Å²) in [5.41, 5.74) is 2.39. The molecule has 1 heterocycles. The second-order valence-electron chi connectivity index (χ2n) is 4.36. The number of hydrogen-bond donors (Lipinski definition) is 1. The minimum atomic E-state index is 0.454. The Labute approximate surface area is 102 Å². The molecule has 1 unspecified atom stereocenters. The molecule has 1 atom stereocenters. The molecule has 2 nitrogen and oxygen atoms in total. The van der Waals surface area contributed by atoms with Crippen molar-refractivity contribution in [3.8, 4) is 5.75 Å². The van der Waals surface area contributed by atoms with Crippen LogP contribution < -0.4 is 10.1 Å². The summed E-state index contributed by atoms with van der Waals surface area (Å²) >= 11 is 6.20. The van der Waals surface area contributed by atoms with Crippen molar-refractivity contribution in [1.29, 1.82) is 0 Å². The Morgan fingerprint density at radius 2 is 2.19 bits per heavy atom. The van der Waals surface area contributed by atoms with E-state index in [0.717, 1.165) is 17.9 Å². The Balaban J connectivity index is 2.28. The molecule has 1 fully saturated rings. The molecule has 0 aliphatic carbocycles. The minimum Gasteiger partial charge on any atom is -0.495 e. The zero-order chi connectivity index (χ0) is 11.5. The van der Waals surface area contributed by atoms with Crippen molar-refractivity contribution in [2.24, 2.45) is 0 Å². The van der Waals surface area contributed by atoms with Gasteiger partial charge in [0.2, 0.25) is 0 Å². The molecule has 1 saturated heterocycles. The summed E-state index contributed by atoms with van der Waals surface area (Å²) in [6.07, 6.45) is 3.77. The summed E-state index contributed by atoms with van der Waals surface area (Å²) in [4.78, 5) is 0. The molecule has 0 amide bonds. The van der Waals surface area contributed by atoms with E-state index in [1.807, 2.05) is 13.0 Å². The van der Waals surface area contributed by atoms with Gasteiger partial charge in [0.05, 0.1) is 12.1 Å². The van der Waals surface area contributed by atoms with Crippen LogP contribution in [0.25, 0.3) is 0 Å². The second-order valence-corrected chi connectivity index (χ2v) is 4.76. The molecule has 1 aromatic rings. The van der Waals surface area contributed by atoms with Crippen molar-refractivity contribution in [2.45, 2.75) is 32.2 Å². The monoisotopic (exact) mass is 239 g/mol. The van der Waals surface area contributed by atoms with Crippen LogP contribution in [0.4, 0.5) is 0 Å². The van der Waals surface area contributed by atoms with Crippen molar-refractivity contribution in [3.63, 3.8) is 0 Å². The highest BCUT2D eigenvalue weighted by molar-refractivity contribution is 6.32. The molecule has 2 rings (SSSR count). The van der Waals surface area contributed by atoms with Gasteiger partial charge in [-0.15, -0.1) is 0 Å². The van der Waals surface area contributed by atoms with Gasteiger partial charge in [-0.05, 0) is 43.5 Å². The van der Waals surface area contributed by atoms with Gasteiger partial charge < -0.3 is 10.1 Å². The standard InChI is InChI=1S/C13H18ClNO/c1-9-7-10(8-11(14)13(9)16-2)12-5-3-4-6-15-12/h7-8,12,15H,3-6H2,1-2H3. The van der Waals surface area contributed by atoms with E-state index in [0.29, 0.717) is 11.1 Å². The lowest BCUT2D eigenvalue weighted by molar-refractivity contribution is 0.404. The van der Waals surface area contributed by atoms with Crippen molar-refractivity contribution >= 4 is 11.6 Å². The molecule has 0 radical (unpaired) electrons. The number of hydrogen-bond acceptors (Lipinski definition) is 2. The molecule has 1 N–H and O–H groups in total. The molecule has 88 valence electrons. The lowest BCUT2D eigenvalue weighted by Gasteiger charge is -2.24. The number of rotatable bonds is 2. The van der Waals surface area contributed by atoms with Gasteiger partial charge in [-0.2, -0.15) is 0 Å². The maximum Gasteiger partial charge on any atom is 0.140 e. The van der Waals surface area contributed by atoms with Crippen LogP contribution in [0.2, 0.25) is 5.02 Å². The molecule has 0 saturated carbocycles. The summed E-state index contributed by atoms with van der Waals surface area (Å²) in [7, 11) is 1.66. The molecular formula is C13H18ClNO. The van der Waals surface area contributed by atoms with Gasteiger partial charge in [-0.3, -0.25) is 0 Å². The summed E-state index contributed by atoms with van der Waals surface area (Å²) in [5, 5.41) is 4.24. The van der Waals surface area contributed by atoms with Crippen LogP contribution in [0.1, 0.15) is 36.4 Å². The molecule has 0 bridgehead atoms. The quantitative estimate of drug-likeness (QED) is 0.853. The van der Waals surface area contributed by atoms with Gasteiger partial charge in [0, 0.05) is 6.04 Å². The highest BCUT2D eigenvalue weighted by Crippen LogP contribution is 2.33. The van der Waals surface area contributed by atoms with Crippen molar-refractivity contribution in [2.75, 3.05) is 13.7 Å². The average Bonchev–Trinajstić information content (AvgIpc) is 2.30. The third-order valence-corrected chi connectivity index (χ3v) is 3.45. The number of ether oxygens (including phenoxy) is 1. The minimum absolute atomic E-state index is 0.454. The van der Waals surface area contributed by atoms with Crippen LogP contribution in [0, 0.1) is 6.92 Å². The van der Waals surface area contributed by atoms with Gasteiger partial charge in [0.15, 0.2) is 0 Å². The van der Waals surface area contributed by atoms with E-state index in [1.54, 1.807) is 7.11 Å². The summed E-state index contributed by atoms with van der Waals surface area (Å²) in [5.74, 6) is 0.793. The van der Waals surface area contributed by atoms with Gasteiger partial charge in [0.1, 0.15) is 5.75 Å². The van der Waals surface area contributed by atoms with Crippen LogP contribution >= 0.6 is 11.6 Å². The highest BCUT2D eigenvalue weighted by Gasteiger charge is 2.17. The maximum atomic E-state index is 6.20. The third-order valence-electron chi connectivity index (χ3n) is 3.17. The molecular weight excluding hydrogens is 222 g/mol. The van der Waals surface area contributed by atoms with E-state index in [2.05, 4.69) is 11.4 Å². The van der Waals surface area contributed by atoms with Gasteiger partial charge >= 0.3 is 0 Å². The van der Waals surface area contributed by atoms with E-state index in [4.69, 9.17) is 16.3 Å². The van der Waals surface area contributed by atoms with Gasteiger partial charge in [-0.1, -0.05) is 24.1 Å². The van der Waals surface area contributed by atoms with Crippen LogP contribution in [0.15, 0.2) is 12.1 Å². The van der Waals surface area contributed by atoms with Crippen molar-refractivity contribution in [1.82, 2.24) is 5.32 Å². The number of methoxy groups -OCH3 is 1. The number of piperidine rings is 1. The molecule has 0 aromatic heterocycles. The highest BCUT2D eigenvalue weighted by atomic mass is 35.5. The number of aryl methyl sites for hydroxylation is 1. The summed E-state index contributed by atoms with van der Waals surface area (Å²) in [6, 6.07) is 4.65. The zero-order valence-electron chi connectivity index (χ0n) is 9.85. The van der Waals surface area contributed by atoms with Crippen LogP contribution in [0.5, 0.6) is 5.75 Å². The van der Waals surface area contributed by atoms with E-state index in [-0.39, 0.29) is 0 Å². The first-order valence-electron chi connectivity index (χ1n) is 5.80. The Morgan fingerprint density at radius 3 is 2.75 bits per heavy atom. The maximum absolute atomic E-state index is 6.20. The fraction of sp³-hybridized carbons (Fsp3) is 0.538. The molecule has 1 aliphatic rings. The van der Waals surface area contributed by atoms with E-state index < -0.39 is 0 Å². The van der Waals surface area contributed by atoms with E-state index in [1.165, 1.54) is 24.8 Å². The molecule has 0 spiro atoms. The first-order chi connectivity index (χ1) is 7.72. The Hall–Kier alpha value is -0.730. The first-order valence-corrected chi connectivity index (χ1v) is 6.17. The number of benzene rings is 1. The zero-order valence-corrected chi connectivity index (χ0v) is 10.6. The van der Waals surface area contributed by atoms with E-state index in [9.17, 15) is 0 Å². The molecule has 1 aromatic carbocycles. The summed E-state index contributed by atoms with van der Waals surface area (Å²) in [6.45, 7) is 3.14. The lowest BCUT2D eigenvalue weighted by atomic mass is 9.96. The average molecular weight is 240 g/mol.